The number of carbonyl (C=O) groups is 1. The van der Waals surface area contributed by atoms with Gasteiger partial charge in [0, 0.05) is 24.5 Å². The van der Waals surface area contributed by atoms with Gasteiger partial charge in [-0.25, -0.2) is 17.8 Å². The van der Waals surface area contributed by atoms with Crippen LogP contribution in [0.2, 0.25) is 0 Å². The molecule has 1 unspecified atom stereocenters. The fraction of sp³-hybridized carbons (Fsp3) is 0.500. The Kier molecular flexibility index (Phi) is 8.33. The van der Waals surface area contributed by atoms with Crippen LogP contribution in [0.3, 0.4) is 0 Å². The van der Waals surface area contributed by atoms with Crippen molar-refractivity contribution >= 4 is 27.4 Å². The topological polar surface area (TPSA) is 99.7 Å². The summed E-state index contributed by atoms with van der Waals surface area (Å²) in [6, 6.07) is 5.33. The zero-order chi connectivity index (χ0) is 18.9. The van der Waals surface area contributed by atoms with E-state index in [1.54, 1.807) is 0 Å². The first kappa shape index (κ1) is 20.9. The van der Waals surface area contributed by atoms with Gasteiger partial charge < -0.3 is 16.0 Å². The molecule has 1 atom stereocenters. The first-order valence-corrected chi connectivity index (χ1v) is 10.0. The van der Waals surface area contributed by atoms with Gasteiger partial charge in [0.15, 0.2) is 5.96 Å². The zero-order valence-corrected chi connectivity index (χ0v) is 15.5. The van der Waals surface area contributed by atoms with Crippen LogP contribution in [-0.4, -0.2) is 51.4 Å². The Hall–Kier alpha value is -2.16. The molecule has 140 valence electrons. The summed E-state index contributed by atoms with van der Waals surface area (Å²) in [6.45, 7) is 4.21. The molecule has 1 amide bonds. The molecule has 0 bridgehead atoms. The Morgan fingerprint density at radius 2 is 1.92 bits per heavy atom. The summed E-state index contributed by atoms with van der Waals surface area (Å²) in [6.07, 6.45) is 1.63. The molecule has 25 heavy (non-hydrogen) atoms. The molecular formula is C16H25FN4O3S. The summed E-state index contributed by atoms with van der Waals surface area (Å²) >= 11 is 0. The molecule has 3 N–H and O–H groups in total. The summed E-state index contributed by atoms with van der Waals surface area (Å²) in [4.78, 5) is 16.1. The van der Waals surface area contributed by atoms with Crippen LogP contribution in [0.25, 0.3) is 0 Å². The first-order chi connectivity index (χ1) is 11.7. The number of hydrogen-bond acceptors (Lipinski definition) is 4. The molecule has 1 aromatic rings. The second-order valence-electron chi connectivity index (χ2n) is 5.71. The van der Waals surface area contributed by atoms with Crippen LogP contribution in [0.1, 0.15) is 20.3 Å². The van der Waals surface area contributed by atoms with E-state index >= 15 is 0 Å². The van der Waals surface area contributed by atoms with Crippen molar-refractivity contribution in [1.82, 2.24) is 10.6 Å². The molecule has 0 heterocycles. The number of benzene rings is 1. The van der Waals surface area contributed by atoms with Crippen molar-refractivity contribution in [2.45, 2.75) is 26.3 Å². The van der Waals surface area contributed by atoms with Crippen molar-refractivity contribution in [3.63, 3.8) is 0 Å². The molecule has 0 aliphatic heterocycles. The molecule has 0 aliphatic carbocycles. The lowest BCUT2D eigenvalue weighted by Crippen LogP contribution is -2.43. The third-order valence-electron chi connectivity index (χ3n) is 3.16. The molecule has 7 nitrogen and oxygen atoms in total. The normalized spacial score (nSPS) is 13.2. The van der Waals surface area contributed by atoms with Crippen molar-refractivity contribution in [2.75, 3.05) is 30.4 Å². The molecular weight excluding hydrogens is 347 g/mol. The van der Waals surface area contributed by atoms with Gasteiger partial charge >= 0.3 is 0 Å². The number of hydrogen-bond donors (Lipinski definition) is 3. The summed E-state index contributed by atoms with van der Waals surface area (Å²) in [5.41, 5.74) is 0.487. The smallest absolute Gasteiger partial charge is 0.246 e. The molecule has 0 spiro atoms. The monoisotopic (exact) mass is 372 g/mol. The van der Waals surface area contributed by atoms with Gasteiger partial charge in [-0.05, 0) is 44.5 Å². The molecule has 0 aliphatic rings. The van der Waals surface area contributed by atoms with Crippen LogP contribution in [-0.2, 0) is 14.6 Å². The quantitative estimate of drug-likeness (QED) is 0.469. The fourth-order valence-corrected chi connectivity index (χ4v) is 2.68. The van der Waals surface area contributed by atoms with Crippen LogP contribution in [0, 0.1) is 5.82 Å². The van der Waals surface area contributed by atoms with E-state index in [2.05, 4.69) is 20.9 Å². The van der Waals surface area contributed by atoms with Crippen molar-refractivity contribution in [1.29, 1.82) is 0 Å². The van der Waals surface area contributed by atoms with Gasteiger partial charge in [-0.3, -0.25) is 4.79 Å². The van der Waals surface area contributed by atoms with Gasteiger partial charge in [-0.15, -0.1) is 0 Å². The van der Waals surface area contributed by atoms with Crippen LogP contribution in [0.4, 0.5) is 10.1 Å². The van der Waals surface area contributed by atoms with Gasteiger partial charge in [0.25, 0.3) is 0 Å². The van der Waals surface area contributed by atoms with E-state index in [0.29, 0.717) is 24.6 Å². The average molecular weight is 372 g/mol. The number of rotatable bonds is 8. The van der Waals surface area contributed by atoms with E-state index in [9.17, 15) is 17.6 Å². The van der Waals surface area contributed by atoms with Crippen molar-refractivity contribution < 1.29 is 17.6 Å². The SMILES string of the molecule is CCNC(=NCC(=O)Nc1ccc(F)cc1)NC(C)CCS(C)(=O)=O. The minimum absolute atomic E-state index is 0.0750. The van der Waals surface area contributed by atoms with Crippen LogP contribution in [0.5, 0.6) is 0 Å². The predicted octanol–water partition coefficient (Wildman–Crippen LogP) is 1.14. The van der Waals surface area contributed by atoms with Gasteiger partial charge in [-0.1, -0.05) is 0 Å². The van der Waals surface area contributed by atoms with Gasteiger partial charge in [-0.2, -0.15) is 0 Å². The maximum atomic E-state index is 12.8. The number of halogens is 1. The van der Waals surface area contributed by atoms with Crippen molar-refractivity contribution in [2.24, 2.45) is 4.99 Å². The Morgan fingerprint density at radius 1 is 1.28 bits per heavy atom. The minimum Gasteiger partial charge on any atom is -0.357 e. The Bertz CT molecular complexity index is 690. The van der Waals surface area contributed by atoms with Gasteiger partial charge in [0.1, 0.15) is 22.2 Å². The maximum absolute atomic E-state index is 12.8. The van der Waals surface area contributed by atoms with Crippen LogP contribution >= 0.6 is 0 Å². The zero-order valence-electron chi connectivity index (χ0n) is 14.7. The fourth-order valence-electron chi connectivity index (χ4n) is 1.90. The van der Waals surface area contributed by atoms with Crippen molar-refractivity contribution in [3.05, 3.63) is 30.1 Å². The summed E-state index contributed by atoms with van der Waals surface area (Å²) in [5, 5.41) is 8.68. The minimum atomic E-state index is -3.02. The number of nitrogens with one attached hydrogen (secondary N) is 3. The largest absolute Gasteiger partial charge is 0.357 e. The number of amides is 1. The van der Waals surface area contributed by atoms with Crippen LogP contribution in [0.15, 0.2) is 29.3 Å². The Morgan fingerprint density at radius 3 is 2.48 bits per heavy atom. The number of sulfone groups is 1. The number of nitrogens with zero attached hydrogens (tertiary/aromatic N) is 1. The Balaban J connectivity index is 2.55. The van der Waals surface area contributed by atoms with E-state index < -0.39 is 9.84 Å². The predicted molar refractivity (Wildman–Crippen MR) is 97.9 cm³/mol. The highest BCUT2D eigenvalue weighted by molar-refractivity contribution is 7.90. The highest BCUT2D eigenvalue weighted by atomic mass is 32.2. The average Bonchev–Trinajstić information content (AvgIpc) is 2.52. The summed E-state index contributed by atoms with van der Waals surface area (Å²) in [5.74, 6) is -0.214. The van der Waals surface area contributed by atoms with E-state index in [0.717, 1.165) is 0 Å². The summed E-state index contributed by atoms with van der Waals surface area (Å²) < 4.78 is 35.2. The third-order valence-corrected chi connectivity index (χ3v) is 4.14. The molecule has 0 radical (unpaired) electrons. The standard InChI is InChI=1S/C16H25FN4O3S/c1-4-18-16(20-12(2)9-10-25(3,23)24)19-11-15(22)21-14-7-5-13(17)6-8-14/h5-8,12H,4,9-11H2,1-3H3,(H,21,22)(H2,18,19,20). The highest BCUT2D eigenvalue weighted by Gasteiger charge is 2.10. The van der Waals surface area contributed by atoms with E-state index in [4.69, 9.17) is 0 Å². The van der Waals surface area contributed by atoms with E-state index in [-0.39, 0.29) is 30.1 Å². The lowest BCUT2D eigenvalue weighted by Gasteiger charge is -2.17. The molecule has 9 heteroatoms. The first-order valence-electron chi connectivity index (χ1n) is 7.97. The molecule has 0 fully saturated rings. The van der Waals surface area contributed by atoms with Crippen molar-refractivity contribution in [3.8, 4) is 0 Å². The number of anilines is 1. The van der Waals surface area contributed by atoms with E-state index in [1.807, 2.05) is 13.8 Å². The third kappa shape index (κ3) is 9.65. The summed E-state index contributed by atoms with van der Waals surface area (Å²) in [7, 11) is -3.02. The highest BCUT2D eigenvalue weighted by Crippen LogP contribution is 2.07. The van der Waals surface area contributed by atoms with Gasteiger partial charge in [0.2, 0.25) is 5.91 Å². The lowest BCUT2D eigenvalue weighted by molar-refractivity contribution is -0.114. The molecule has 0 saturated carbocycles. The number of guanidine groups is 1. The molecule has 1 aromatic carbocycles. The molecule has 1 rings (SSSR count). The molecule has 0 saturated heterocycles. The lowest BCUT2D eigenvalue weighted by atomic mass is 10.3. The second-order valence-corrected chi connectivity index (χ2v) is 7.97. The van der Waals surface area contributed by atoms with Crippen LogP contribution < -0.4 is 16.0 Å². The maximum Gasteiger partial charge on any atom is 0.246 e. The number of carbonyl (C=O) groups excluding carboxylic acids is 1. The second kappa shape index (κ2) is 9.97. The van der Waals surface area contributed by atoms with Gasteiger partial charge in [0.05, 0.1) is 5.75 Å². The van der Waals surface area contributed by atoms with E-state index in [1.165, 1.54) is 30.5 Å². The Labute approximate surface area is 148 Å². The molecule has 0 aromatic heterocycles. The number of aliphatic imine (C=N–C) groups is 1.